The Kier molecular flexibility index (Phi) is 3.14. The lowest BCUT2D eigenvalue weighted by molar-refractivity contribution is -0.123. The minimum Gasteiger partial charge on any atom is -0.299 e. The Morgan fingerprint density at radius 2 is 1.89 bits per heavy atom. The van der Waals surface area contributed by atoms with Gasteiger partial charge in [0.1, 0.15) is 11.6 Å². The summed E-state index contributed by atoms with van der Waals surface area (Å²) >= 11 is 5.64. The van der Waals surface area contributed by atoms with Gasteiger partial charge in [0.15, 0.2) is 0 Å². The Bertz CT molecular complexity index is 465. The third-order valence-electron chi connectivity index (χ3n) is 3.99. The molecule has 0 N–H and O–H groups in total. The largest absolute Gasteiger partial charge is 0.299 e. The summed E-state index contributed by atoms with van der Waals surface area (Å²) in [4.78, 5) is 12.3. The highest BCUT2D eigenvalue weighted by molar-refractivity contribution is 6.30. The van der Waals surface area contributed by atoms with Gasteiger partial charge in [-0.25, -0.2) is 4.39 Å². The first kappa shape index (κ1) is 12.2. The first-order chi connectivity index (χ1) is 8.65. The third-order valence-corrected chi connectivity index (χ3v) is 4.30. The molecule has 0 heterocycles. The van der Waals surface area contributed by atoms with E-state index in [1.54, 1.807) is 6.07 Å². The van der Waals surface area contributed by atoms with Crippen molar-refractivity contribution in [1.29, 1.82) is 0 Å². The fourth-order valence-electron chi connectivity index (χ4n) is 2.79. The van der Waals surface area contributed by atoms with Crippen LogP contribution in [-0.4, -0.2) is 5.78 Å². The number of carbonyl (C=O) groups excluding carboxylic acids is 1. The molecule has 1 aromatic carbocycles. The molecule has 0 radical (unpaired) electrons. The maximum absolute atomic E-state index is 13.3. The first-order valence-electron chi connectivity index (χ1n) is 6.62. The van der Waals surface area contributed by atoms with E-state index in [-0.39, 0.29) is 10.9 Å². The van der Waals surface area contributed by atoms with Crippen LogP contribution in [0, 0.1) is 23.6 Å². The van der Waals surface area contributed by atoms with Gasteiger partial charge in [-0.1, -0.05) is 17.7 Å². The van der Waals surface area contributed by atoms with Crippen molar-refractivity contribution in [2.24, 2.45) is 17.8 Å². The van der Waals surface area contributed by atoms with Crippen molar-refractivity contribution in [2.45, 2.75) is 32.1 Å². The highest BCUT2D eigenvalue weighted by Gasteiger charge is 2.44. The van der Waals surface area contributed by atoms with Crippen LogP contribution in [0.5, 0.6) is 0 Å². The molecule has 1 nitrogen and oxygen atoms in total. The number of benzene rings is 1. The summed E-state index contributed by atoms with van der Waals surface area (Å²) in [6, 6.07) is 4.67. The lowest BCUT2D eigenvalue weighted by Crippen LogP contribution is -2.21. The maximum Gasteiger partial charge on any atom is 0.142 e. The SMILES string of the molecule is O=C(Cc1ccc(Cl)c(F)c1)C(C1CC1)C1CC1. The molecule has 2 saturated carbocycles. The van der Waals surface area contributed by atoms with Gasteiger partial charge in [0.2, 0.25) is 0 Å². The van der Waals surface area contributed by atoms with E-state index >= 15 is 0 Å². The average Bonchev–Trinajstić information content (AvgIpc) is 3.17. The predicted molar refractivity (Wildman–Crippen MR) is 69.1 cm³/mol. The van der Waals surface area contributed by atoms with E-state index in [1.165, 1.54) is 37.8 Å². The van der Waals surface area contributed by atoms with E-state index in [0.29, 0.717) is 24.0 Å². The molecule has 2 aliphatic rings. The maximum atomic E-state index is 13.3. The number of halogens is 2. The second-order valence-corrected chi connectivity index (χ2v) is 6.00. The van der Waals surface area contributed by atoms with E-state index in [1.807, 2.05) is 0 Å². The fraction of sp³-hybridized carbons (Fsp3) is 0.533. The zero-order chi connectivity index (χ0) is 12.7. The van der Waals surface area contributed by atoms with E-state index in [4.69, 9.17) is 11.6 Å². The van der Waals surface area contributed by atoms with Gasteiger partial charge < -0.3 is 0 Å². The molecule has 0 aromatic heterocycles. The fourth-order valence-corrected chi connectivity index (χ4v) is 2.91. The number of carbonyl (C=O) groups is 1. The summed E-state index contributed by atoms with van der Waals surface area (Å²) < 4.78 is 13.3. The standard InChI is InChI=1S/C15H16ClFO/c16-12-6-1-9(7-13(12)17)8-14(18)15(10-2-3-10)11-4-5-11/h1,6-7,10-11,15H,2-5,8H2. The summed E-state index contributed by atoms with van der Waals surface area (Å²) in [5.74, 6) is 1.33. The van der Waals surface area contributed by atoms with Crippen molar-refractivity contribution < 1.29 is 9.18 Å². The number of rotatable bonds is 5. The average molecular weight is 267 g/mol. The van der Waals surface area contributed by atoms with Gasteiger partial charge in [-0.3, -0.25) is 4.79 Å². The van der Waals surface area contributed by atoms with Crippen LogP contribution in [0.3, 0.4) is 0 Å². The zero-order valence-corrected chi connectivity index (χ0v) is 10.9. The molecular weight excluding hydrogens is 251 g/mol. The lowest BCUT2D eigenvalue weighted by atomic mass is 9.89. The molecule has 18 heavy (non-hydrogen) atoms. The first-order valence-corrected chi connectivity index (χ1v) is 6.99. The van der Waals surface area contributed by atoms with Gasteiger partial charge in [0, 0.05) is 12.3 Å². The smallest absolute Gasteiger partial charge is 0.142 e. The van der Waals surface area contributed by atoms with Crippen LogP contribution < -0.4 is 0 Å². The second-order valence-electron chi connectivity index (χ2n) is 5.59. The molecule has 0 amide bonds. The summed E-state index contributed by atoms with van der Waals surface area (Å²) in [7, 11) is 0. The summed E-state index contributed by atoms with van der Waals surface area (Å²) in [5, 5.41) is 0.118. The Morgan fingerprint density at radius 1 is 1.28 bits per heavy atom. The number of ketones is 1. The van der Waals surface area contributed by atoms with E-state index in [2.05, 4.69) is 0 Å². The van der Waals surface area contributed by atoms with Crippen molar-refractivity contribution in [2.75, 3.05) is 0 Å². The Hall–Kier alpha value is -0.890. The van der Waals surface area contributed by atoms with Gasteiger partial charge in [0.25, 0.3) is 0 Å². The molecule has 0 spiro atoms. The quantitative estimate of drug-likeness (QED) is 0.786. The molecule has 2 fully saturated rings. The molecule has 0 saturated heterocycles. The predicted octanol–water partition coefficient (Wildman–Crippen LogP) is 4.03. The molecule has 0 unspecified atom stereocenters. The molecule has 0 bridgehead atoms. The topological polar surface area (TPSA) is 17.1 Å². The molecule has 3 rings (SSSR count). The second kappa shape index (κ2) is 4.65. The van der Waals surface area contributed by atoms with Crippen LogP contribution in [0.2, 0.25) is 5.02 Å². The van der Waals surface area contributed by atoms with Crippen molar-refractivity contribution in [3.63, 3.8) is 0 Å². The minimum atomic E-state index is -0.434. The molecule has 96 valence electrons. The van der Waals surface area contributed by atoms with E-state index < -0.39 is 5.82 Å². The summed E-state index contributed by atoms with van der Waals surface area (Å²) in [5.41, 5.74) is 0.744. The zero-order valence-electron chi connectivity index (χ0n) is 10.2. The molecule has 1 aromatic rings. The summed E-state index contributed by atoms with van der Waals surface area (Å²) in [6.07, 6.45) is 5.14. The van der Waals surface area contributed by atoms with Gasteiger partial charge in [0.05, 0.1) is 5.02 Å². The van der Waals surface area contributed by atoms with Crippen LogP contribution in [0.25, 0.3) is 0 Å². The molecule has 0 aliphatic heterocycles. The highest BCUT2D eigenvalue weighted by Crippen LogP contribution is 2.49. The molecule has 0 atom stereocenters. The lowest BCUT2D eigenvalue weighted by Gasteiger charge is -2.14. The van der Waals surface area contributed by atoms with Gasteiger partial charge in [-0.05, 0) is 55.2 Å². The van der Waals surface area contributed by atoms with Crippen LogP contribution in [0.15, 0.2) is 18.2 Å². The summed E-state index contributed by atoms with van der Waals surface area (Å²) in [6.45, 7) is 0. The number of hydrogen-bond donors (Lipinski definition) is 0. The molecular formula is C15H16ClFO. The minimum absolute atomic E-state index is 0.118. The third kappa shape index (κ3) is 2.59. The highest BCUT2D eigenvalue weighted by atomic mass is 35.5. The van der Waals surface area contributed by atoms with Crippen LogP contribution in [0.1, 0.15) is 31.2 Å². The number of hydrogen-bond acceptors (Lipinski definition) is 1. The van der Waals surface area contributed by atoms with Crippen LogP contribution in [0.4, 0.5) is 4.39 Å². The Labute approximate surface area is 111 Å². The Balaban J connectivity index is 1.70. The molecule has 2 aliphatic carbocycles. The number of Topliss-reactive ketones (excluding diaryl/α,β-unsaturated/α-hetero) is 1. The van der Waals surface area contributed by atoms with Crippen molar-refractivity contribution >= 4 is 17.4 Å². The Morgan fingerprint density at radius 3 is 2.39 bits per heavy atom. The van der Waals surface area contributed by atoms with Crippen molar-refractivity contribution in [1.82, 2.24) is 0 Å². The van der Waals surface area contributed by atoms with Crippen LogP contribution in [-0.2, 0) is 11.2 Å². The van der Waals surface area contributed by atoms with Crippen molar-refractivity contribution in [3.8, 4) is 0 Å². The van der Waals surface area contributed by atoms with Crippen LogP contribution >= 0.6 is 11.6 Å². The van der Waals surface area contributed by atoms with Crippen molar-refractivity contribution in [3.05, 3.63) is 34.6 Å². The van der Waals surface area contributed by atoms with Gasteiger partial charge >= 0.3 is 0 Å². The van der Waals surface area contributed by atoms with E-state index in [0.717, 1.165) is 5.56 Å². The van der Waals surface area contributed by atoms with Gasteiger partial charge in [-0.15, -0.1) is 0 Å². The molecule has 3 heteroatoms. The van der Waals surface area contributed by atoms with E-state index in [9.17, 15) is 9.18 Å². The monoisotopic (exact) mass is 266 g/mol. The van der Waals surface area contributed by atoms with Gasteiger partial charge in [-0.2, -0.15) is 0 Å². The normalized spacial score (nSPS) is 19.3.